The molecular formula is C11H13FO3. The molecule has 1 aromatic carbocycles. The Morgan fingerprint density at radius 3 is 2.67 bits per heavy atom. The van der Waals surface area contributed by atoms with Gasteiger partial charge in [0.2, 0.25) is 0 Å². The van der Waals surface area contributed by atoms with Gasteiger partial charge in [-0.2, -0.15) is 0 Å². The van der Waals surface area contributed by atoms with Crippen molar-refractivity contribution in [2.75, 3.05) is 7.11 Å². The Kier molecular flexibility index (Phi) is 5.78. The van der Waals surface area contributed by atoms with Crippen LogP contribution in [0.4, 0.5) is 4.70 Å². The monoisotopic (exact) mass is 212 g/mol. The second-order valence-corrected chi connectivity index (χ2v) is 2.69. The van der Waals surface area contributed by atoms with Crippen LogP contribution in [0.1, 0.15) is 5.56 Å². The summed E-state index contributed by atoms with van der Waals surface area (Å²) in [6.45, 7) is 4.02. The fourth-order valence-electron chi connectivity index (χ4n) is 1.15. The fourth-order valence-corrected chi connectivity index (χ4v) is 1.15. The largest absolute Gasteiger partial charge is 0.493 e. The lowest BCUT2D eigenvalue weighted by molar-refractivity contribution is -0.120. The van der Waals surface area contributed by atoms with Gasteiger partial charge in [0.25, 0.3) is 6.47 Å². The van der Waals surface area contributed by atoms with Crippen molar-refractivity contribution < 1.29 is 19.0 Å². The molecule has 0 N–H and O–H groups in total. The molecule has 0 bridgehead atoms. The molecule has 0 spiro atoms. The van der Waals surface area contributed by atoms with Crippen molar-refractivity contribution >= 4 is 6.47 Å². The minimum atomic E-state index is 0. The average molecular weight is 212 g/mol. The van der Waals surface area contributed by atoms with Gasteiger partial charge in [-0.1, -0.05) is 12.1 Å². The van der Waals surface area contributed by atoms with Gasteiger partial charge in [-0.15, -0.1) is 6.58 Å². The number of hydrogen-bond acceptors (Lipinski definition) is 3. The Bertz CT molecular complexity index is 337. The number of allylic oxidation sites excluding steroid dienone is 1. The summed E-state index contributed by atoms with van der Waals surface area (Å²) < 4.78 is 9.80. The SMILES string of the molecule is C=CCc1ccc(OC=O)c(OC)c1.F. The van der Waals surface area contributed by atoms with Crippen LogP contribution in [0.15, 0.2) is 30.9 Å². The molecule has 0 aliphatic rings. The summed E-state index contributed by atoms with van der Waals surface area (Å²) in [5, 5.41) is 0. The first-order chi connectivity index (χ1) is 6.81. The van der Waals surface area contributed by atoms with E-state index in [1.807, 2.05) is 12.1 Å². The zero-order valence-electron chi connectivity index (χ0n) is 8.43. The van der Waals surface area contributed by atoms with Crippen molar-refractivity contribution in [3.8, 4) is 11.5 Å². The number of benzene rings is 1. The Labute approximate surface area is 87.7 Å². The standard InChI is InChI=1S/C11H12O3.FH/c1-3-4-9-5-6-10(14-8-12)11(7-9)13-2;/h3,5-8H,1,4H2,2H3;1H. The van der Waals surface area contributed by atoms with E-state index in [1.165, 1.54) is 7.11 Å². The summed E-state index contributed by atoms with van der Waals surface area (Å²) in [6.07, 6.45) is 2.56. The third-order valence-corrected chi connectivity index (χ3v) is 1.78. The highest BCUT2D eigenvalue weighted by Gasteiger charge is 2.04. The van der Waals surface area contributed by atoms with E-state index in [9.17, 15) is 4.79 Å². The van der Waals surface area contributed by atoms with Gasteiger partial charge in [0.05, 0.1) is 7.11 Å². The van der Waals surface area contributed by atoms with Crippen molar-refractivity contribution in [3.63, 3.8) is 0 Å². The molecule has 0 aliphatic carbocycles. The maximum atomic E-state index is 10.2. The average Bonchev–Trinajstić information content (AvgIpc) is 2.21. The lowest BCUT2D eigenvalue weighted by Crippen LogP contribution is -1.94. The van der Waals surface area contributed by atoms with Crippen LogP contribution in [-0.2, 0) is 11.2 Å². The van der Waals surface area contributed by atoms with Crippen molar-refractivity contribution in [1.29, 1.82) is 0 Å². The minimum absolute atomic E-state index is 0. The van der Waals surface area contributed by atoms with Gasteiger partial charge in [-0.25, -0.2) is 0 Å². The van der Waals surface area contributed by atoms with Crippen LogP contribution >= 0.6 is 0 Å². The topological polar surface area (TPSA) is 35.5 Å². The van der Waals surface area contributed by atoms with E-state index in [0.29, 0.717) is 18.0 Å². The Morgan fingerprint density at radius 2 is 2.13 bits per heavy atom. The molecule has 0 radical (unpaired) electrons. The van der Waals surface area contributed by atoms with Crippen LogP contribution < -0.4 is 9.47 Å². The molecule has 0 aromatic heterocycles. The lowest BCUT2D eigenvalue weighted by Gasteiger charge is -2.07. The highest BCUT2D eigenvalue weighted by atomic mass is 19.0. The molecule has 0 heterocycles. The molecule has 4 heteroatoms. The quantitative estimate of drug-likeness (QED) is 0.554. The highest BCUT2D eigenvalue weighted by molar-refractivity contribution is 5.52. The first kappa shape index (κ1) is 13.2. The van der Waals surface area contributed by atoms with E-state index in [1.54, 1.807) is 12.1 Å². The van der Waals surface area contributed by atoms with Gasteiger partial charge in [0, 0.05) is 0 Å². The lowest BCUT2D eigenvalue weighted by atomic mass is 10.1. The molecule has 82 valence electrons. The highest BCUT2D eigenvalue weighted by Crippen LogP contribution is 2.27. The molecule has 3 nitrogen and oxygen atoms in total. The van der Waals surface area contributed by atoms with Crippen LogP contribution in [0.2, 0.25) is 0 Å². The number of rotatable bonds is 5. The number of ether oxygens (including phenoxy) is 2. The molecule has 15 heavy (non-hydrogen) atoms. The molecule has 0 saturated heterocycles. The van der Waals surface area contributed by atoms with Gasteiger partial charge >= 0.3 is 0 Å². The van der Waals surface area contributed by atoms with Crippen molar-refractivity contribution in [2.45, 2.75) is 6.42 Å². The molecule has 0 unspecified atom stereocenters. The van der Waals surface area contributed by atoms with Crippen LogP contribution in [0.5, 0.6) is 11.5 Å². The van der Waals surface area contributed by atoms with E-state index in [2.05, 4.69) is 6.58 Å². The number of carbonyl (C=O) groups excluding carboxylic acids is 1. The number of hydrogen-bond donors (Lipinski definition) is 0. The summed E-state index contributed by atoms with van der Waals surface area (Å²) in [7, 11) is 1.53. The molecule has 0 atom stereocenters. The first-order valence-electron chi connectivity index (χ1n) is 4.20. The fraction of sp³-hybridized carbons (Fsp3) is 0.182. The van der Waals surface area contributed by atoms with Gasteiger partial charge in [0.1, 0.15) is 0 Å². The third-order valence-electron chi connectivity index (χ3n) is 1.78. The summed E-state index contributed by atoms with van der Waals surface area (Å²) in [5.41, 5.74) is 1.06. The molecule has 0 saturated carbocycles. The predicted molar refractivity (Wildman–Crippen MR) is 56.1 cm³/mol. The Balaban J connectivity index is 0.00000196. The van der Waals surface area contributed by atoms with E-state index < -0.39 is 0 Å². The normalized spacial score (nSPS) is 8.60. The van der Waals surface area contributed by atoms with Gasteiger partial charge in [0.15, 0.2) is 11.5 Å². The summed E-state index contributed by atoms with van der Waals surface area (Å²) in [6, 6.07) is 5.38. The Morgan fingerprint density at radius 1 is 1.40 bits per heavy atom. The van der Waals surface area contributed by atoms with Crippen LogP contribution in [0, 0.1) is 0 Å². The zero-order chi connectivity index (χ0) is 10.4. The number of halogens is 1. The number of methoxy groups -OCH3 is 1. The summed E-state index contributed by atoms with van der Waals surface area (Å²) in [5.74, 6) is 0.978. The van der Waals surface area contributed by atoms with Crippen LogP contribution in [0.3, 0.4) is 0 Å². The van der Waals surface area contributed by atoms with E-state index >= 15 is 0 Å². The summed E-state index contributed by atoms with van der Waals surface area (Å²) >= 11 is 0. The molecule has 0 amide bonds. The molecule has 1 aromatic rings. The summed E-state index contributed by atoms with van der Waals surface area (Å²) in [4.78, 5) is 10.2. The van der Waals surface area contributed by atoms with Crippen molar-refractivity contribution in [3.05, 3.63) is 36.4 Å². The Hall–Kier alpha value is -1.84. The third kappa shape index (κ3) is 3.42. The molecule has 1 rings (SSSR count). The van der Waals surface area contributed by atoms with Crippen LogP contribution in [0.25, 0.3) is 0 Å². The van der Waals surface area contributed by atoms with Crippen molar-refractivity contribution in [2.24, 2.45) is 0 Å². The second kappa shape index (κ2) is 6.59. The van der Waals surface area contributed by atoms with Crippen molar-refractivity contribution in [1.82, 2.24) is 0 Å². The van der Waals surface area contributed by atoms with Gasteiger partial charge in [-0.05, 0) is 24.1 Å². The van der Waals surface area contributed by atoms with Gasteiger partial charge in [-0.3, -0.25) is 9.50 Å². The molecule has 0 fully saturated rings. The second-order valence-electron chi connectivity index (χ2n) is 2.69. The van der Waals surface area contributed by atoms with E-state index in [0.717, 1.165) is 12.0 Å². The maximum absolute atomic E-state index is 10.2. The smallest absolute Gasteiger partial charge is 0.298 e. The number of carbonyl (C=O) groups is 1. The molecule has 0 aliphatic heterocycles. The van der Waals surface area contributed by atoms with E-state index in [-0.39, 0.29) is 4.70 Å². The first-order valence-corrected chi connectivity index (χ1v) is 4.20. The van der Waals surface area contributed by atoms with Gasteiger partial charge < -0.3 is 9.47 Å². The zero-order valence-corrected chi connectivity index (χ0v) is 8.43. The minimum Gasteiger partial charge on any atom is -0.493 e. The maximum Gasteiger partial charge on any atom is 0.298 e. The van der Waals surface area contributed by atoms with Crippen LogP contribution in [-0.4, -0.2) is 13.6 Å². The molecular weight excluding hydrogens is 199 g/mol. The predicted octanol–water partition coefficient (Wildman–Crippen LogP) is 2.11. The van der Waals surface area contributed by atoms with E-state index in [4.69, 9.17) is 9.47 Å².